The Morgan fingerprint density at radius 3 is 2.89 bits per heavy atom. The summed E-state index contributed by atoms with van der Waals surface area (Å²) in [6.07, 6.45) is 5.98. The number of rotatable bonds is 4. The third kappa shape index (κ3) is 2.32. The van der Waals surface area contributed by atoms with Crippen molar-refractivity contribution in [3.05, 3.63) is 54.4 Å². The zero-order chi connectivity index (χ0) is 13.1. The van der Waals surface area contributed by atoms with Crippen LogP contribution in [0.2, 0.25) is 0 Å². The third-order valence-electron chi connectivity index (χ3n) is 3.27. The van der Waals surface area contributed by atoms with Crippen molar-refractivity contribution in [3.63, 3.8) is 0 Å². The van der Waals surface area contributed by atoms with Crippen LogP contribution in [0, 0.1) is 0 Å². The molecule has 2 aromatic heterocycles. The van der Waals surface area contributed by atoms with Crippen molar-refractivity contribution in [1.82, 2.24) is 9.97 Å². The lowest BCUT2D eigenvalue weighted by Gasteiger charge is -2.12. The minimum atomic E-state index is 0.915. The van der Waals surface area contributed by atoms with Gasteiger partial charge >= 0.3 is 0 Å². The average Bonchev–Trinajstić information content (AvgIpc) is 2.91. The molecule has 0 saturated heterocycles. The predicted octanol–water partition coefficient (Wildman–Crippen LogP) is 4.26. The highest BCUT2D eigenvalue weighted by Crippen LogP contribution is 2.26. The van der Waals surface area contributed by atoms with E-state index in [1.807, 2.05) is 24.5 Å². The normalized spacial score (nSPS) is 10.8. The Labute approximate surface area is 112 Å². The van der Waals surface area contributed by atoms with Crippen LogP contribution >= 0.6 is 0 Å². The molecule has 0 amide bonds. The largest absolute Gasteiger partial charge is 0.355 e. The molecule has 0 atom stereocenters. The summed E-state index contributed by atoms with van der Waals surface area (Å²) in [7, 11) is 0. The van der Waals surface area contributed by atoms with E-state index in [9.17, 15) is 0 Å². The Hall–Kier alpha value is -2.29. The molecule has 2 N–H and O–H groups in total. The van der Waals surface area contributed by atoms with Gasteiger partial charge in [-0.1, -0.05) is 31.5 Å². The van der Waals surface area contributed by atoms with Crippen LogP contribution in [-0.2, 0) is 6.42 Å². The Morgan fingerprint density at radius 1 is 1.11 bits per heavy atom. The molecule has 0 saturated carbocycles. The lowest BCUT2D eigenvalue weighted by atomic mass is 10.1. The highest BCUT2D eigenvalue weighted by Gasteiger charge is 2.05. The lowest BCUT2D eigenvalue weighted by molar-refractivity contribution is 0.923. The molecule has 0 aliphatic rings. The first-order valence-corrected chi connectivity index (χ1v) is 6.65. The second-order valence-corrected chi connectivity index (χ2v) is 4.63. The van der Waals surface area contributed by atoms with Crippen LogP contribution in [0.5, 0.6) is 0 Å². The number of nitrogens with one attached hydrogen (secondary N) is 2. The van der Waals surface area contributed by atoms with Gasteiger partial charge in [-0.2, -0.15) is 0 Å². The van der Waals surface area contributed by atoms with E-state index >= 15 is 0 Å². The number of benzene rings is 1. The fourth-order valence-corrected chi connectivity index (χ4v) is 2.34. The molecule has 19 heavy (non-hydrogen) atoms. The monoisotopic (exact) mass is 251 g/mol. The van der Waals surface area contributed by atoms with Crippen molar-refractivity contribution < 1.29 is 0 Å². The van der Waals surface area contributed by atoms with Gasteiger partial charge in [-0.25, -0.2) is 4.98 Å². The number of para-hydroxylation sites is 1. The van der Waals surface area contributed by atoms with Gasteiger partial charge in [0.25, 0.3) is 0 Å². The van der Waals surface area contributed by atoms with Crippen LogP contribution in [0.15, 0.2) is 48.8 Å². The van der Waals surface area contributed by atoms with E-state index in [2.05, 4.69) is 46.5 Å². The van der Waals surface area contributed by atoms with Crippen LogP contribution < -0.4 is 5.32 Å². The van der Waals surface area contributed by atoms with Crippen LogP contribution in [-0.4, -0.2) is 9.97 Å². The topological polar surface area (TPSA) is 40.7 Å². The van der Waals surface area contributed by atoms with Gasteiger partial charge < -0.3 is 10.3 Å². The third-order valence-corrected chi connectivity index (χ3v) is 3.27. The van der Waals surface area contributed by atoms with Gasteiger partial charge in [0.1, 0.15) is 5.65 Å². The summed E-state index contributed by atoms with van der Waals surface area (Å²) in [4.78, 5) is 7.44. The van der Waals surface area contributed by atoms with Crippen molar-refractivity contribution in [2.24, 2.45) is 0 Å². The van der Waals surface area contributed by atoms with E-state index in [4.69, 9.17) is 0 Å². The molecule has 1 aromatic carbocycles. The van der Waals surface area contributed by atoms with Gasteiger partial charge in [-0.05, 0) is 30.2 Å². The molecule has 2 heterocycles. The predicted molar refractivity (Wildman–Crippen MR) is 79.8 cm³/mol. The number of aryl methyl sites for hydroxylation is 1. The van der Waals surface area contributed by atoms with Gasteiger partial charge in [0, 0.05) is 23.5 Å². The Morgan fingerprint density at radius 2 is 2.00 bits per heavy atom. The fourth-order valence-electron chi connectivity index (χ4n) is 2.34. The molecule has 0 radical (unpaired) electrons. The molecule has 0 aliphatic heterocycles. The summed E-state index contributed by atoms with van der Waals surface area (Å²) in [6, 6.07) is 12.5. The molecule has 3 nitrogen and oxygen atoms in total. The molecule has 0 bridgehead atoms. The van der Waals surface area contributed by atoms with Gasteiger partial charge in [-0.15, -0.1) is 0 Å². The fraction of sp³-hybridized carbons (Fsp3) is 0.188. The first-order valence-electron chi connectivity index (χ1n) is 6.65. The van der Waals surface area contributed by atoms with Crippen LogP contribution in [0.25, 0.3) is 11.0 Å². The van der Waals surface area contributed by atoms with E-state index in [1.54, 1.807) is 0 Å². The number of hydrogen-bond donors (Lipinski definition) is 2. The first-order chi connectivity index (χ1) is 9.38. The lowest BCUT2D eigenvalue weighted by Crippen LogP contribution is -1.96. The maximum atomic E-state index is 4.31. The zero-order valence-electron chi connectivity index (χ0n) is 11.0. The van der Waals surface area contributed by atoms with Crippen molar-refractivity contribution in [2.75, 3.05) is 5.32 Å². The average molecular weight is 251 g/mol. The van der Waals surface area contributed by atoms with Crippen LogP contribution in [0.4, 0.5) is 11.4 Å². The minimum absolute atomic E-state index is 0.915. The number of aromatic nitrogens is 2. The van der Waals surface area contributed by atoms with E-state index in [0.29, 0.717) is 0 Å². The van der Waals surface area contributed by atoms with Gasteiger partial charge in [-0.3, -0.25) is 0 Å². The van der Waals surface area contributed by atoms with E-state index in [0.717, 1.165) is 29.6 Å². The van der Waals surface area contributed by atoms with E-state index in [1.165, 1.54) is 11.3 Å². The number of anilines is 2. The zero-order valence-corrected chi connectivity index (χ0v) is 11.0. The molecule has 0 aliphatic carbocycles. The highest BCUT2D eigenvalue weighted by molar-refractivity contribution is 5.91. The van der Waals surface area contributed by atoms with Crippen molar-refractivity contribution in [3.8, 4) is 0 Å². The summed E-state index contributed by atoms with van der Waals surface area (Å²) in [5.41, 5.74) is 4.54. The highest BCUT2D eigenvalue weighted by atomic mass is 14.9. The molecular formula is C16H17N3. The quantitative estimate of drug-likeness (QED) is 0.727. The maximum Gasteiger partial charge on any atom is 0.139 e. The molecule has 3 heteroatoms. The SMILES string of the molecule is CCCc1ccccc1Nc1ccnc2[nH]ccc12. The number of aromatic amines is 1. The number of fused-ring (bicyclic) bond motifs is 1. The van der Waals surface area contributed by atoms with Crippen molar-refractivity contribution in [1.29, 1.82) is 0 Å². The van der Waals surface area contributed by atoms with Gasteiger partial charge in [0.05, 0.1) is 5.69 Å². The Bertz CT molecular complexity index is 685. The number of hydrogen-bond acceptors (Lipinski definition) is 2. The first kappa shape index (κ1) is 11.8. The van der Waals surface area contributed by atoms with Gasteiger partial charge in [0.15, 0.2) is 0 Å². The Balaban J connectivity index is 1.99. The molecule has 0 spiro atoms. The molecule has 96 valence electrons. The summed E-state index contributed by atoms with van der Waals surface area (Å²) in [6.45, 7) is 2.20. The minimum Gasteiger partial charge on any atom is -0.355 e. The summed E-state index contributed by atoms with van der Waals surface area (Å²) in [5, 5.41) is 4.65. The molecule has 0 fully saturated rings. The van der Waals surface area contributed by atoms with Crippen molar-refractivity contribution in [2.45, 2.75) is 19.8 Å². The van der Waals surface area contributed by atoms with E-state index in [-0.39, 0.29) is 0 Å². The summed E-state index contributed by atoms with van der Waals surface area (Å²) < 4.78 is 0. The molecular weight excluding hydrogens is 234 g/mol. The molecule has 3 rings (SSSR count). The standard InChI is InChI=1S/C16H17N3/c1-2-5-12-6-3-4-7-14(12)19-15-9-11-18-16-13(15)8-10-17-16/h3-4,6-11H,2,5H2,1H3,(H2,17,18,19). The molecule has 0 unspecified atom stereocenters. The van der Waals surface area contributed by atoms with Crippen molar-refractivity contribution >= 4 is 22.4 Å². The van der Waals surface area contributed by atoms with Crippen LogP contribution in [0.3, 0.4) is 0 Å². The second kappa shape index (κ2) is 5.14. The Kier molecular flexibility index (Phi) is 3.19. The van der Waals surface area contributed by atoms with E-state index < -0.39 is 0 Å². The number of pyridine rings is 1. The van der Waals surface area contributed by atoms with Gasteiger partial charge in [0.2, 0.25) is 0 Å². The summed E-state index contributed by atoms with van der Waals surface area (Å²) >= 11 is 0. The number of H-pyrrole nitrogens is 1. The van der Waals surface area contributed by atoms with Crippen LogP contribution in [0.1, 0.15) is 18.9 Å². The maximum absolute atomic E-state index is 4.31. The second-order valence-electron chi connectivity index (χ2n) is 4.63. The summed E-state index contributed by atoms with van der Waals surface area (Å²) in [5.74, 6) is 0. The smallest absolute Gasteiger partial charge is 0.139 e. The number of nitrogens with zero attached hydrogens (tertiary/aromatic N) is 1. The molecule has 3 aromatic rings.